The highest BCUT2D eigenvalue weighted by Gasteiger charge is 2.30. The summed E-state index contributed by atoms with van der Waals surface area (Å²) in [6.45, 7) is 9.47. The molecular weight excluding hydrogens is 1170 g/mol. The van der Waals surface area contributed by atoms with Gasteiger partial charge in [-0.3, -0.25) is 37.3 Å². The third kappa shape index (κ3) is 64.6. The lowest BCUT2D eigenvalue weighted by Gasteiger charge is -2.21. The molecule has 0 aromatic carbocycles. The molecule has 5 atom stereocenters. The molecular formula is C70H136O17P2. The fourth-order valence-corrected chi connectivity index (χ4v) is 12.2. The van der Waals surface area contributed by atoms with Gasteiger partial charge in [0.1, 0.15) is 19.3 Å². The zero-order valence-electron chi connectivity index (χ0n) is 57.7. The van der Waals surface area contributed by atoms with Crippen molar-refractivity contribution in [2.24, 2.45) is 11.8 Å². The number of carbonyl (C=O) groups excluding carboxylic acids is 4. The quantitative estimate of drug-likeness (QED) is 0.0222. The second-order valence-corrected chi connectivity index (χ2v) is 29.1. The molecule has 0 amide bonds. The third-order valence-electron chi connectivity index (χ3n) is 16.2. The van der Waals surface area contributed by atoms with Crippen molar-refractivity contribution in [2.45, 2.75) is 374 Å². The SMILES string of the molecule is CCCCCCCCCCCCCCCCC(=O)O[C@H](COC(=O)CCCCCCCCCCCCCCC)COP(=O)(O)OC[C@@H](O)COP(=O)(O)OC[C@@H](COC(=O)CCCCCCCCCC(C)C)OC(=O)CCCCCCCCCCCC(C)C. The summed E-state index contributed by atoms with van der Waals surface area (Å²) in [7, 11) is -9.90. The predicted octanol–water partition coefficient (Wildman–Crippen LogP) is 20.0. The molecule has 0 bridgehead atoms. The Morgan fingerprint density at radius 3 is 0.764 bits per heavy atom. The van der Waals surface area contributed by atoms with Crippen LogP contribution in [0, 0.1) is 11.8 Å². The Morgan fingerprint density at radius 2 is 0.517 bits per heavy atom. The van der Waals surface area contributed by atoms with Crippen LogP contribution in [0.1, 0.15) is 356 Å². The Morgan fingerprint density at radius 1 is 0.303 bits per heavy atom. The minimum absolute atomic E-state index is 0.105. The second-order valence-electron chi connectivity index (χ2n) is 26.2. The maximum absolute atomic E-state index is 13.0. The van der Waals surface area contributed by atoms with E-state index in [1.807, 2.05) is 0 Å². The molecule has 0 radical (unpaired) electrons. The molecule has 0 fully saturated rings. The van der Waals surface area contributed by atoms with Crippen molar-refractivity contribution in [3.8, 4) is 0 Å². The molecule has 19 heteroatoms. The van der Waals surface area contributed by atoms with Crippen LogP contribution < -0.4 is 0 Å². The van der Waals surface area contributed by atoms with Gasteiger partial charge in [0.25, 0.3) is 0 Å². The number of aliphatic hydroxyl groups is 1. The van der Waals surface area contributed by atoms with Gasteiger partial charge in [0.2, 0.25) is 0 Å². The molecule has 0 saturated heterocycles. The van der Waals surface area contributed by atoms with E-state index in [-0.39, 0.29) is 25.7 Å². The average Bonchev–Trinajstić information content (AvgIpc) is 3.71. The molecule has 0 aromatic heterocycles. The van der Waals surface area contributed by atoms with Crippen LogP contribution in [0.15, 0.2) is 0 Å². The highest BCUT2D eigenvalue weighted by molar-refractivity contribution is 7.47. The van der Waals surface area contributed by atoms with Crippen LogP contribution in [0.2, 0.25) is 0 Å². The number of esters is 4. The minimum atomic E-state index is -4.95. The smallest absolute Gasteiger partial charge is 0.462 e. The van der Waals surface area contributed by atoms with Crippen molar-refractivity contribution in [2.75, 3.05) is 39.6 Å². The van der Waals surface area contributed by atoms with E-state index in [1.54, 1.807) is 0 Å². The molecule has 0 aromatic rings. The fraction of sp³-hybridized carbons (Fsp3) is 0.943. The number of carbonyl (C=O) groups is 4. The maximum atomic E-state index is 13.0. The predicted molar refractivity (Wildman–Crippen MR) is 358 cm³/mol. The molecule has 0 aliphatic carbocycles. The maximum Gasteiger partial charge on any atom is 0.472 e. The van der Waals surface area contributed by atoms with E-state index in [0.717, 1.165) is 102 Å². The number of unbranched alkanes of at least 4 members (excludes halogenated alkanes) is 39. The largest absolute Gasteiger partial charge is 0.472 e. The van der Waals surface area contributed by atoms with E-state index in [1.165, 1.54) is 167 Å². The molecule has 528 valence electrons. The third-order valence-corrected chi connectivity index (χ3v) is 18.1. The highest BCUT2D eigenvalue weighted by Crippen LogP contribution is 2.45. The van der Waals surface area contributed by atoms with E-state index in [9.17, 15) is 43.2 Å². The molecule has 17 nitrogen and oxygen atoms in total. The molecule has 0 aliphatic heterocycles. The Kier molecular flexibility index (Phi) is 60.8. The van der Waals surface area contributed by atoms with Crippen molar-refractivity contribution in [1.29, 1.82) is 0 Å². The van der Waals surface area contributed by atoms with Gasteiger partial charge >= 0.3 is 39.5 Å². The standard InChI is InChI=1S/C70H136O17P2/c1-7-9-11-13-15-17-19-21-23-25-29-35-42-48-54-69(74)86-65(58-80-67(72)52-46-40-34-28-24-22-20-18-16-14-12-10-8-2)60-84-88(76,77)82-56-64(71)57-83-89(78,79)85-61-66(59-81-68(73)53-47-41-37-31-33-39-45-51-63(5)6)87-70(75)55-49-43-36-30-26-27-32-38-44-50-62(3)4/h62-66,71H,7-61H2,1-6H3,(H,76,77)(H,78,79)/t64-,65-,66-/m1/s1. The van der Waals surface area contributed by atoms with E-state index in [2.05, 4.69) is 41.5 Å². The van der Waals surface area contributed by atoms with Crippen LogP contribution in [0.3, 0.4) is 0 Å². The Labute approximate surface area is 543 Å². The van der Waals surface area contributed by atoms with E-state index >= 15 is 0 Å². The lowest BCUT2D eigenvalue weighted by atomic mass is 10.0. The van der Waals surface area contributed by atoms with Crippen LogP contribution in [0.4, 0.5) is 0 Å². The highest BCUT2D eigenvalue weighted by atomic mass is 31.2. The number of ether oxygens (including phenoxy) is 4. The van der Waals surface area contributed by atoms with Crippen LogP contribution in [-0.2, 0) is 65.4 Å². The van der Waals surface area contributed by atoms with Gasteiger partial charge in [0.15, 0.2) is 12.2 Å². The summed E-state index contributed by atoms with van der Waals surface area (Å²) in [5.41, 5.74) is 0. The van der Waals surface area contributed by atoms with E-state index in [0.29, 0.717) is 31.6 Å². The summed E-state index contributed by atoms with van der Waals surface area (Å²) in [5.74, 6) is -0.682. The van der Waals surface area contributed by atoms with E-state index in [4.69, 9.17) is 37.0 Å². The van der Waals surface area contributed by atoms with E-state index < -0.39 is 97.5 Å². The van der Waals surface area contributed by atoms with Crippen molar-refractivity contribution < 1.29 is 80.2 Å². The van der Waals surface area contributed by atoms with Crippen LogP contribution in [-0.4, -0.2) is 96.7 Å². The lowest BCUT2D eigenvalue weighted by Crippen LogP contribution is -2.30. The molecule has 0 saturated carbocycles. The number of rotatable bonds is 69. The number of hydrogen-bond donors (Lipinski definition) is 3. The molecule has 0 spiro atoms. The summed E-state index contributed by atoms with van der Waals surface area (Å²) in [4.78, 5) is 72.5. The van der Waals surface area contributed by atoms with Gasteiger partial charge < -0.3 is 33.8 Å². The van der Waals surface area contributed by atoms with Crippen molar-refractivity contribution >= 4 is 39.5 Å². The van der Waals surface area contributed by atoms with Gasteiger partial charge in [-0.15, -0.1) is 0 Å². The van der Waals surface area contributed by atoms with Crippen molar-refractivity contribution in [1.82, 2.24) is 0 Å². The summed E-state index contributed by atoms with van der Waals surface area (Å²) < 4.78 is 68.3. The first-order valence-electron chi connectivity index (χ1n) is 36.5. The number of phosphoric acid groups is 2. The van der Waals surface area contributed by atoms with Gasteiger partial charge in [-0.1, -0.05) is 305 Å². The van der Waals surface area contributed by atoms with Crippen LogP contribution in [0.5, 0.6) is 0 Å². The van der Waals surface area contributed by atoms with Gasteiger partial charge in [0.05, 0.1) is 26.4 Å². The van der Waals surface area contributed by atoms with Crippen molar-refractivity contribution in [3.05, 3.63) is 0 Å². The first-order valence-corrected chi connectivity index (χ1v) is 39.5. The molecule has 3 N–H and O–H groups in total. The average molecular weight is 1310 g/mol. The topological polar surface area (TPSA) is 237 Å². The minimum Gasteiger partial charge on any atom is -0.462 e. The van der Waals surface area contributed by atoms with Gasteiger partial charge in [0, 0.05) is 25.7 Å². The lowest BCUT2D eigenvalue weighted by molar-refractivity contribution is -0.161. The molecule has 0 heterocycles. The summed E-state index contributed by atoms with van der Waals surface area (Å²) in [6, 6.07) is 0. The number of aliphatic hydroxyl groups excluding tert-OH is 1. The Bertz CT molecular complexity index is 1730. The molecule has 2 unspecified atom stereocenters. The normalized spacial score (nSPS) is 14.1. The molecule has 0 rings (SSSR count). The summed E-state index contributed by atoms with van der Waals surface area (Å²) >= 11 is 0. The fourth-order valence-electron chi connectivity index (χ4n) is 10.6. The molecule has 0 aliphatic rings. The Hall–Kier alpha value is -1.94. The first kappa shape index (κ1) is 87.1. The summed E-state index contributed by atoms with van der Waals surface area (Å²) in [6.07, 6.45) is 47.2. The Balaban J connectivity index is 5.25. The zero-order valence-corrected chi connectivity index (χ0v) is 59.5. The number of phosphoric ester groups is 2. The van der Waals surface area contributed by atoms with Gasteiger partial charge in [-0.25, -0.2) is 9.13 Å². The zero-order chi connectivity index (χ0) is 65.7. The first-order chi connectivity index (χ1) is 42.9. The van der Waals surface area contributed by atoms with Gasteiger partial charge in [-0.05, 0) is 37.5 Å². The monoisotopic (exact) mass is 1310 g/mol. The van der Waals surface area contributed by atoms with Crippen LogP contribution >= 0.6 is 15.6 Å². The summed E-state index contributed by atoms with van der Waals surface area (Å²) in [5, 5.41) is 10.6. The molecule has 89 heavy (non-hydrogen) atoms. The van der Waals surface area contributed by atoms with Crippen LogP contribution in [0.25, 0.3) is 0 Å². The number of hydrogen-bond acceptors (Lipinski definition) is 15. The van der Waals surface area contributed by atoms with Crippen molar-refractivity contribution in [3.63, 3.8) is 0 Å². The van der Waals surface area contributed by atoms with Gasteiger partial charge in [-0.2, -0.15) is 0 Å². The second kappa shape index (κ2) is 62.2.